The molecule has 3 nitrogen and oxygen atoms in total. The number of pyridine rings is 2. The summed E-state index contributed by atoms with van der Waals surface area (Å²) in [6.07, 6.45) is 7.00. The summed E-state index contributed by atoms with van der Waals surface area (Å²) in [6.45, 7) is 0. The first-order valence-electron chi connectivity index (χ1n) is 5.98. The highest BCUT2D eigenvalue weighted by Crippen LogP contribution is 2.32. The number of hydrogen-bond acceptors (Lipinski definition) is 3. The maximum Gasteiger partial charge on any atom is 0.123 e. The zero-order valence-electron chi connectivity index (χ0n) is 10.2. The van der Waals surface area contributed by atoms with Gasteiger partial charge in [0.1, 0.15) is 5.75 Å². The molecule has 1 N–H and O–H groups in total. The summed E-state index contributed by atoms with van der Waals surface area (Å²) in [5.41, 5.74) is 3.71. The molecule has 0 bridgehead atoms. The molecule has 0 atom stereocenters. The Morgan fingerprint density at radius 1 is 0.737 bits per heavy atom. The predicted molar refractivity (Wildman–Crippen MR) is 74.6 cm³/mol. The van der Waals surface area contributed by atoms with Gasteiger partial charge in [-0.2, -0.15) is 0 Å². The van der Waals surface area contributed by atoms with Gasteiger partial charge in [-0.05, 0) is 29.8 Å². The molecule has 0 aliphatic heterocycles. The average Bonchev–Trinajstić information content (AvgIpc) is 2.49. The molecule has 0 aliphatic carbocycles. The van der Waals surface area contributed by atoms with Crippen LogP contribution >= 0.6 is 0 Å². The number of rotatable bonds is 2. The van der Waals surface area contributed by atoms with Crippen LogP contribution in [0.2, 0.25) is 0 Å². The Balaban J connectivity index is 2.12. The minimum atomic E-state index is 0.251. The number of nitrogens with zero attached hydrogens (tertiary/aromatic N) is 2. The van der Waals surface area contributed by atoms with Crippen molar-refractivity contribution >= 4 is 0 Å². The molecule has 2 aromatic heterocycles. The molecular weight excluding hydrogens is 236 g/mol. The van der Waals surface area contributed by atoms with E-state index in [1.54, 1.807) is 30.9 Å². The number of phenolic OH excluding ortho intramolecular Hbond substituents is 1. The molecule has 0 spiro atoms. The fourth-order valence-electron chi connectivity index (χ4n) is 2.00. The molecule has 1 aromatic carbocycles. The van der Waals surface area contributed by atoms with E-state index in [9.17, 15) is 5.11 Å². The Bertz CT molecular complexity index is 682. The largest absolute Gasteiger partial charge is 0.507 e. The highest BCUT2D eigenvalue weighted by molar-refractivity contribution is 5.76. The Morgan fingerprint density at radius 2 is 1.42 bits per heavy atom. The van der Waals surface area contributed by atoms with Gasteiger partial charge in [-0.1, -0.05) is 18.2 Å². The molecule has 0 saturated carbocycles. The molecule has 19 heavy (non-hydrogen) atoms. The summed E-state index contributed by atoms with van der Waals surface area (Å²) < 4.78 is 0. The number of benzene rings is 1. The van der Waals surface area contributed by atoms with E-state index in [0.29, 0.717) is 0 Å². The quantitative estimate of drug-likeness (QED) is 0.754. The summed E-state index contributed by atoms with van der Waals surface area (Å²) in [5, 5.41) is 9.99. The highest BCUT2D eigenvalue weighted by atomic mass is 16.3. The van der Waals surface area contributed by atoms with Crippen molar-refractivity contribution in [1.29, 1.82) is 0 Å². The highest BCUT2D eigenvalue weighted by Gasteiger charge is 2.06. The average molecular weight is 248 g/mol. The first-order chi connectivity index (χ1) is 9.34. The molecule has 0 aliphatic rings. The molecule has 0 radical (unpaired) electrons. The van der Waals surface area contributed by atoms with E-state index < -0.39 is 0 Å². The second kappa shape index (κ2) is 4.90. The Morgan fingerprint density at radius 3 is 2.05 bits per heavy atom. The van der Waals surface area contributed by atoms with Gasteiger partial charge in [-0.3, -0.25) is 9.97 Å². The smallest absolute Gasteiger partial charge is 0.123 e. The topological polar surface area (TPSA) is 46.0 Å². The van der Waals surface area contributed by atoms with Crippen LogP contribution in [-0.2, 0) is 0 Å². The molecule has 0 saturated heterocycles. The number of aromatic nitrogens is 2. The second-order valence-electron chi connectivity index (χ2n) is 4.22. The van der Waals surface area contributed by atoms with Crippen molar-refractivity contribution in [2.24, 2.45) is 0 Å². The van der Waals surface area contributed by atoms with Crippen molar-refractivity contribution in [1.82, 2.24) is 9.97 Å². The first-order valence-corrected chi connectivity index (χ1v) is 5.98. The summed E-state index contributed by atoms with van der Waals surface area (Å²) in [5.74, 6) is 0.251. The Labute approximate surface area is 111 Å². The lowest BCUT2D eigenvalue weighted by molar-refractivity contribution is 0.477. The molecule has 0 amide bonds. The number of aromatic hydroxyl groups is 1. The molecule has 0 fully saturated rings. The van der Waals surface area contributed by atoms with E-state index in [0.717, 1.165) is 22.3 Å². The molecule has 0 unspecified atom stereocenters. The van der Waals surface area contributed by atoms with Gasteiger partial charge < -0.3 is 5.11 Å². The van der Waals surface area contributed by atoms with E-state index in [-0.39, 0.29) is 5.75 Å². The molecule has 3 aromatic rings. The van der Waals surface area contributed by atoms with E-state index >= 15 is 0 Å². The summed E-state index contributed by atoms with van der Waals surface area (Å²) in [7, 11) is 0. The molecule has 3 heteroatoms. The predicted octanol–water partition coefficient (Wildman–Crippen LogP) is 3.52. The summed E-state index contributed by atoms with van der Waals surface area (Å²) >= 11 is 0. The van der Waals surface area contributed by atoms with E-state index in [1.165, 1.54) is 0 Å². The van der Waals surface area contributed by atoms with E-state index in [1.807, 2.05) is 36.4 Å². The Kier molecular flexibility index (Phi) is 2.94. The van der Waals surface area contributed by atoms with Crippen LogP contribution in [-0.4, -0.2) is 15.1 Å². The fraction of sp³-hybridized carbons (Fsp3) is 0. The van der Waals surface area contributed by atoms with Gasteiger partial charge in [0.05, 0.1) is 0 Å². The van der Waals surface area contributed by atoms with Crippen molar-refractivity contribution < 1.29 is 5.11 Å². The van der Waals surface area contributed by atoms with Gasteiger partial charge in [0.25, 0.3) is 0 Å². The molecule has 92 valence electrons. The van der Waals surface area contributed by atoms with Crippen LogP contribution in [0.1, 0.15) is 0 Å². The van der Waals surface area contributed by atoms with E-state index in [2.05, 4.69) is 9.97 Å². The van der Waals surface area contributed by atoms with Crippen LogP contribution in [0.3, 0.4) is 0 Å². The van der Waals surface area contributed by atoms with Crippen LogP contribution in [0.25, 0.3) is 22.3 Å². The van der Waals surface area contributed by atoms with E-state index in [4.69, 9.17) is 0 Å². The van der Waals surface area contributed by atoms with Crippen molar-refractivity contribution in [3.63, 3.8) is 0 Å². The number of hydrogen-bond donors (Lipinski definition) is 1. The van der Waals surface area contributed by atoms with Crippen LogP contribution in [0.4, 0.5) is 0 Å². The van der Waals surface area contributed by atoms with Crippen molar-refractivity contribution in [2.45, 2.75) is 0 Å². The zero-order chi connectivity index (χ0) is 13.1. The normalized spacial score (nSPS) is 10.3. The standard InChI is InChI=1S/C16H12N2O/c19-16-6-5-12(13-3-1-7-17-10-13)9-15(16)14-4-2-8-18-11-14/h1-11,19H. The van der Waals surface area contributed by atoms with Crippen LogP contribution in [0, 0.1) is 0 Å². The number of phenols is 1. The minimum Gasteiger partial charge on any atom is -0.507 e. The van der Waals surface area contributed by atoms with Crippen molar-refractivity contribution in [3.8, 4) is 28.0 Å². The lowest BCUT2D eigenvalue weighted by Gasteiger charge is -2.07. The lowest BCUT2D eigenvalue weighted by Crippen LogP contribution is -1.84. The van der Waals surface area contributed by atoms with Crippen molar-refractivity contribution in [3.05, 3.63) is 67.3 Å². The van der Waals surface area contributed by atoms with Gasteiger partial charge in [0.15, 0.2) is 0 Å². The molecule has 3 rings (SSSR count). The molecular formula is C16H12N2O. The minimum absolute atomic E-state index is 0.251. The summed E-state index contributed by atoms with van der Waals surface area (Å²) in [4.78, 5) is 8.19. The SMILES string of the molecule is Oc1ccc(-c2cccnc2)cc1-c1cccnc1. The lowest BCUT2D eigenvalue weighted by atomic mass is 10.00. The van der Waals surface area contributed by atoms with Crippen LogP contribution in [0.5, 0.6) is 5.75 Å². The van der Waals surface area contributed by atoms with Crippen LogP contribution < -0.4 is 0 Å². The fourth-order valence-corrected chi connectivity index (χ4v) is 2.00. The van der Waals surface area contributed by atoms with Gasteiger partial charge in [-0.25, -0.2) is 0 Å². The molecule has 2 heterocycles. The Hall–Kier alpha value is -2.68. The summed E-state index contributed by atoms with van der Waals surface area (Å²) in [6, 6.07) is 13.2. The maximum absolute atomic E-state index is 9.99. The third-order valence-electron chi connectivity index (χ3n) is 2.96. The maximum atomic E-state index is 9.99. The van der Waals surface area contributed by atoms with Gasteiger partial charge in [0, 0.05) is 41.5 Å². The van der Waals surface area contributed by atoms with Gasteiger partial charge in [0.2, 0.25) is 0 Å². The van der Waals surface area contributed by atoms with Gasteiger partial charge >= 0.3 is 0 Å². The van der Waals surface area contributed by atoms with Crippen LogP contribution in [0.15, 0.2) is 67.3 Å². The first kappa shape index (κ1) is 11.4. The van der Waals surface area contributed by atoms with Gasteiger partial charge in [-0.15, -0.1) is 0 Å². The monoisotopic (exact) mass is 248 g/mol. The zero-order valence-corrected chi connectivity index (χ0v) is 10.2. The second-order valence-corrected chi connectivity index (χ2v) is 4.22. The van der Waals surface area contributed by atoms with Crippen molar-refractivity contribution in [2.75, 3.05) is 0 Å². The third kappa shape index (κ3) is 2.31. The third-order valence-corrected chi connectivity index (χ3v) is 2.96.